The first-order valence-corrected chi connectivity index (χ1v) is 8.10. The van der Waals surface area contributed by atoms with Gasteiger partial charge < -0.3 is 21.7 Å². The van der Waals surface area contributed by atoms with Gasteiger partial charge in [-0.15, -0.1) is 0 Å². The first-order valence-electron chi connectivity index (χ1n) is 8.10. The Morgan fingerprint density at radius 3 is 1.00 bits per heavy atom. The number of nitrogen functional groups attached to an aromatic ring is 2. The van der Waals surface area contributed by atoms with Crippen LogP contribution in [0, 0.1) is 0 Å². The summed E-state index contributed by atoms with van der Waals surface area (Å²) < 4.78 is 163. The van der Waals surface area contributed by atoms with E-state index in [1.807, 2.05) is 0 Å². The molecule has 16 heteroatoms. The maximum absolute atomic E-state index is 14.1. The molecule has 0 heterocycles. The van der Waals surface area contributed by atoms with Crippen LogP contribution in [0.15, 0.2) is 24.3 Å². The van der Waals surface area contributed by atoms with E-state index in [0.29, 0.717) is 0 Å². The van der Waals surface area contributed by atoms with Gasteiger partial charge in [-0.2, -0.15) is 52.7 Å². The standard InChI is InChI=1S/C17H10F12N2O2/c18-14(19,20)7-1-5(3-9(32)11(7)30)13(16(24,25)26,17(27,28)29)6-2-8(15(21,22)23)12(31)10(33)4-6/h1-4,32-33H,30-31H2. The van der Waals surface area contributed by atoms with Crippen molar-refractivity contribution in [2.45, 2.75) is 30.1 Å². The first kappa shape index (κ1) is 26.1. The number of phenols is 2. The van der Waals surface area contributed by atoms with Crippen LogP contribution in [-0.2, 0) is 17.8 Å². The molecular weight excluding hydrogens is 492 g/mol. The van der Waals surface area contributed by atoms with Crippen LogP contribution in [0.25, 0.3) is 0 Å². The molecule has 4 nitrogen and oxygen atoms in total. The third-order valence-electron chi connectivity index (χ3n) is 4.64. The van der Waals surface area contributed by atoms with Crippen molar-refractivity contribution < 1.29 is 62.9 Å². The van der Waals surface area contributed by atoms with Crippen LogP contribution >= 0.6 is 0 Å². The van der Waals surface area contributed by atoms with Crippen LogP contribution < -0.4 is 11.5 Å². The summed E-state index contributed by atoms with van der Waals surface area (Å²) in [7, 11) is 0. The van der Waals surface area contributed by atoms with Gasteiger partial charge in [-0.3, -0.25) is 0 Å². The lowest BCUT2D eigenvalue weighted by Crippen LogP contribution is -2.55. The van der Waals surface area contributed by atoms with Crippen molar-refractivity contribution in [3.63, 3.8) is 0 Å². The van der Waals surface area contributed by atoms with Gasteiger partial charge in [0.1, 0.15) is 11.5 Å². The molecule has 0 saturated heterocycles. The summed E-state index contributed by atoms with van der Waals surface area (Å²) in [5.41, 5.74) is -8.34. The molecule has 0 unspecified atom stereocenters. The van der Waals surface area contributed by atoms with Crippen molar-refractivity contribution in [1.82, 2.24) is 0 Å². The van der Waals surface area contributed by atoms with E-state index in [0.717, 1.165) is 0 Å². The van der Waals surface area contributed by atoms with Crippen LogP contribution in [0.3, 0.4) is 0 Å². The van der Waals surface area contributed by atoms with Crippen molar-refractivity contribution in [3.8, 4) is 11.5 Å². The lowest BCUT2D eigenvalue weighted by Gasteiger charge is -2.39. The van der Waals surface area contributed by atoms with Crippen LogP contribution in [0.1, 0.15) is 22.3 Å². The summed E-state index contributed by atoms with van der Waals surface area (Å²) in [5, 5.41) is 19.1. The average Bonchev–Trinajstić information content (AvgIpc) is 2.56. The zero-order valence-corrected chi connectivity index (χ0v) is 15.4. The van der Waals surface area contributed by atoms with Crippen molar-refractivity contribution in [2.75, 3.05) is 11.5 Å². The maximum atomic E-state index is 14.1. The second-order valence-corrected chi connectivity index (χ2v) is 6.65. The molecule has 2 rings (SSSR count). The highest BCUT2D eigenvalue weighted by Crippen LogP contribution is 2.59. The van der Waals surface area contributed by atoms with E-state index < -0.39 is 99.5 Å². The zero-order valence-electron chi connectivity index (χ0n) is 15.4. The molecule has 0 atom stereocenters. The second kappa shape index (κ2) is 7.41. The van der Waals surface area contributed by atoms with E-state index in [-0.39, 0.29) is 0 Å². The topological polar surface area (TPSA) is 92.5 Å². The van der Waals surface area contributed by atoms with Crippen LogP contribution in [0.4, 0.5) is 64.1 Å². The van der Waals surface area contributed by atoms with E-state index in [9.17, 15) is 62.9 Å². The Hall–Kier alpha value is -3.20. The number of rotatable bonds is 2. The normalized spacial score (nSPS) is 13.9. The lowest BCUT2D eigenvalue weighted by atomic mass is 9.71. The summed E-state index contributed by atoms with van der Waals surface area (Å²) in [6, 6.07) is -2.22. The van der Waals surface area contributed by atoms with Gasteiger partial charge in [-0.25, -0.2) is 0 Å². The molecule has 2 aromatic carbocycles. The van der Waals surface area contributed by atoms with Gasteiger partial charge in [-0.1, -0.05) is 0 Å². The lowest BCUT2D eigenvalue weighted by molar-refractivity contribution is -0.288. The number of hydrogen-bond donors (Lipinski definition) is 4. The number of anilines is 2. The highest BCUT2D eigenvalue weighted by Gasteiger charge is 2.73. The van der Waals surface area contributed by atoms with E-state index >= 15 is 0 Å². The number of nitrogens with two attached hydrogens (primary N) is 2. The van der Waals surface area contributed by atoms with Gasteiger partial charge in [0, 0.05) is 0 Å². The van der Waals surface area contributed by atoms with E-state index in [4.69, 9.17) is 11.5 Å². The molecule has 2 aromatic rings. The molecule has 184 valence electrons. The molecule has 0 bridgehead atoms. The predicted octanol–water partition coefficient (Wildman–Crippen LogP) is 5.71. The van der Waals surface area contributed by atoms with Gasteiger partial charge in [0.05, 0.1) is 22.5 Å². The average molecular weight is 502 g/mol. The van der Waals surface area contributed by atoms with Crippen LogP contribution in [-0.4, -0.2) is 22.6 Å². The summed E-state index contributed by atoms with van der Waals surface area (Å²) in [6.07, 6.45) is -24.6. The largest absolute Gasteiger partial charge is 0.506 e. The Balaban J connectivity index is 3.19. The van der Waals surface area contributed by atoms with E-state index in [1.54, 1.807) is 0 Å². The molecule has 0 spiro atoms. The monoisotopic (exact) mass is 502 g/mol. The molecule has 0 fully saturated rings. The Kier molecular flexibility index (Phi) is 5.85. The third kappa shape index (κ3) is 4.13. The molecule has 0 radical (unpaired) electrons. The number of halogens is 12. The van der Waals surface area contributed by atoms with Gasteiger partial charge in [-0.05, 0) is 35.4 Å². The molecule has 33 heavy (non-hydrogen) atoms. The quantitative estimate of drug-likeness (QED) is 0.241. The van der Waals surface area contributed by atoms with Gasteiger partial charge in [0.15, 0.2) is 0 Å². The fourth-order valence-electron chi connectivity index (χ4n) is 3.16. The Bertz CT molecular complexity index is 983. The smallest absolute Gasteiger partial charge is 0.418 e. The number of alkyl halides is 12. The summed E-state index contributed by atoms with van der Waals surface area (Å²) in [4.78, 5) is 0. The molecule has 0 aromatic heterocycles. The molecular formula is C17H10F12N2O2. The maximum Gasteiger partial charge on any atom is 0.418 e. The number of aromatic hydroxyl groups is 2. The molecule has 0 aliphatic heterocycles. The third-order valence-corrected chi connectivity index (χ3v) is 4.64. The van der Waals surface area contributed by atoms with Gasteiger partial charge in [0.25, 0.3) is 0 Å². The second-order valence-electron chi connectivity index (χ2n) is 6.65. The summed E-state index contributed by atoms with van der Waals surface area (Å²) >= 11 is 0. The molecule has 0 aliphatic carbocycles. The minimum Gasteiger partial charge on any atom is -0.506 e. The Morgan fingerprint density at radius 2 is 0.788 bits per heavy atom. The fourth-order valence-corrected chi connectivity index (χ4v) is 3.16. The summed E-state index contributed by atoms with van der Waals surface area (Å²) in [6.45, 7) is 0. The van der Waals surface area contributed by atoms with E-state index in [1.165, 1.54) is 0 Å². The highest BCUT2D eigenvalue weighted by atomic mass is 19.4. The SMILES string of the molecule is Nc1c(O)cc(C(c2cc(O)c(N)c(C(F)(F)F)c2)(C(F)(F)F)C(F)(F)F)cc1C(F)(F)F. The molecule has 0 aliphatic rings. The number of benzene rings is 2. The highest BCUT2D eigenvalue weighted by molar-refractivity contribution is 5.66. The minimum absolute atomic E-state index is 0.410. The van der Waals surface area contributed by atoms with Crippen molar-refractivity contribution in [1.29, 1.82) is 0 Å². The molecule has 6 N–H and O–H groups in total. The number of hydrogen-bond acceptors (Lipinski definition) is 4. The first-order chi connectivity index (χ1) is 14.6. The Morgan fingerprint density at radius 1 is 0.515 bits per heavy atom. The van der Waals surface area contributed by atoms with Crippen molar-refractivity contribution >= 4 is 11.4 Å². The number of phenolic OH excluding ortho intramolecular Hbond substituents is 2. The Labute approximate surface area is 175 Å². The van der Waals surface area contributed by atoms with Gasteiger partial charge >= 0.3 is 24.7 Å². The summed E-state index contributed by atoms with van der Waals surface area (Å²) in [5.74, 6) is -3.71. The van der Waals surface area contributed by atoms with Gasteiger partial charge in [0.2, 0.25) is 5.41 Å². The van der Waals surface area contributed by atoms with Crippen LogP contribution in [0.5, 0.6) is 11.5 Å². The minimum atomic E-state index is -6.65. The molecule has 0 saturated carbocycles. The van der Waals surface area contributed by atoms with Crippen molar-refractivity contribution in [2.24, 2.45) is 0 Å². The molecule has 0 amide bonds. The predicted molar refractivity (Wildman–Crippen MR) is 87.9 cm³/mol. The van der Waals surface area contributed by atoms with E-state index in [2.05, 4.69) is 0 Å². The zero-order chi connectivity index (χ0) is 25.9. The van der Waals surface area contributed by atoms with Crippen molar-refractivity contribution in [3.05, 3.63) is 46.5 Å². The van der Waals surface area contributed by atoms with Crippen LogP contribution in [0.2, 0.25) is 0 Å². The fraction of sp³-hybridized carbons (Fsp3) is 0.294.